The lowest BCUT2D eigenvalue weighted by atomic mass is 10.2. The van der Waals surface area contributed by atoms with Crippen molar-refractivity contribution in [1.82, 2.24) is 20.1 Å². The van der Waals surface area contributed by atoms with Gasteiger partial charge in [0.25, 0.3) is 0 Å². The molecular weight excluding hydrogens is 328 g/mol. The van der Waals surface area contributed by atoms with E-state index < -0.39 is 0 Å². The zero-order chi connectivity index (χ0) is 18.2. The molecule has 2 heterocycles. The third-order valence-corrected chi connectivity index (χ3v) is 3.65. The van der Waals surface area contributed by atoms with E-state index in [-0.39, 0.29) is 5.91 Å². The molecule has 0 fully saturated rings. The summed E-state index contributed by atoms with van der Waals surface area (Å²) in [6.45, 7) is 0.882. The summed E-state index contributed by atoms with van der Waals surface area (Å²) >= 11 is 0. The monoisotopic (exact) mass is 348 g/mol. The van der Waals surface area contributed by atoms with Crippen LogP contribution in [-0.4, -0.2) is 20.7 Å². The normalized spacial score (nSPS) is 10.8. The predicted octanol–water partition coefficient (Wildman–Crippen LogP) is 2.72. The van der Waals surface area contributed by atoms with Gasteiger partial charge in [0.1, 0.15) is 12.4 Å². The second kappa shape index (κ2) is 8.62. The summed E-state index contributed by atoms with van der Waals surface area (Å²) in [6, 6.07) is 13.4. The van der Waals surface area contributed by atoms with Crippen molar-refractivity contribution in [2.45, 2.75) is 13.2 Å². The van der Waals surface area contributed by atoms with E-state index in [0.29, 0.717) is 13.2 Å². The number of benzene rings is 1. The number of rotatable bonds is 7. The van der Waals surface area contributed by atoms with E-state index in [1.165, 1.54) is 6.08 Å². The standard InChI is InChI=1S/C20H20N4O2/c1-24-14-17(13-23-24)7-10-20(25)22-12-16-5-8-19(9-6-16)26-15-18-4-2-3-11-21-18/h2-11,13-14H,12,15H2,1H3,(H,22,25)/b10-7-. The van der Waals surface area contributed by atoms with E-state index in [0.717, 1.165) is 22.6 Å². The Balaban J connectivity index is 1.45. The highest BCUT2D eigenvalue weighted by Gasteiger charge is 2.00. The number of carbonyl (C=O) groups excluding carboxylic acids is 1. The van der Waals surface area contributed by atoms with Gasteiger partial charge in [-0.1, -0.05) is 18.2 Å². The van der Waals surface area contributed by atoms with E-state index in [4.69, 9.17) is 4.74 Å². The molecule has 132 valence electrons. The van der Waals surface area contributed by atoms with Gasteiger partial charge >= 0.3 is 0 Å². The first kappa shape index (κ1) is 17.4. The number of carbonyl (C=O) groups is 1. The molecule has 2 aromatic heterocycles. The van der Waals surface area contributed by atoms with Gasteiger partial charge in [-0.2, -0.15) is 5.10 Å². The Kier molecular flexibility index (Phi) is 5.77. The van der Waals surface area contributed by atoms with Crippen molar-refractivity contribution in [2.24, 2.45) is 7.05 Å². The van der Waals surface area contributed by atoms with Crippen LogP contribution < -0.4 is 10.1 Å². The lowest BCUT2D eigenvalue weighted by molar-refractivity contribution is -0.116. The molecule has 6 nitrogen and oxygen atoms in total. The maximum absolute atomic E-state index is 11.9. The number of hydrogen-bond donors (Lipinski definition) is 1. The molecule has 1 aromatic carbocycles. The fourth-order valence-corrected chi connectivity index (χ4v) is 2.29. The van der Waals surface area contributed by atoms with Gasteiger partial charge in [-0.25, -0.2) is 0 Å². The Hall–Kier alpha value is -3.41. The maximum Gasteiger partial charge on any atom is 0.244 e. The van der Waals surface area contributed by atoms with E-state index in [1.807, 2.05) is 55.7 Å². The lowest BCUT2D eigenvalue weighted by Crippen LogP contribution is -2.20. The molecule has 0 atom stereocenters. The van der Waals surface area contributed by atoms with Gasteiger partial charge in [0.15, 0.2) is 0 Å². The number of nitrogens with zero attached hydrogens (tertiary/aromatic N) is 3. The van der Waals surface area contributed by atoms with Gasteiger partial charge in [0.05, 0.1) is 11.9 Å². The molecule has 1 N–H and O–H groups in total. The van der Waals surface area contributed by atoms with Gasteiger partial charge in [-0.05, 0) is 35.9 Å². The summed E-state index contributed by atoms with van der Waals surface area (Å²) in [7, 11) is 1.83. The number of hydrogen-bond acceptors (Lipinski definition) is 4. The molecule has 3 rings (SSSR count). The van der Waals surface area contributed by atoms with Gasteiger partial charge in [-0.3, -0.25) is 14.5 Å². The summed E-state index contributed by atoms with van der Waals surface area (Å²) in [5.41, 5.74) is 2.76. The second-order valence-electron chi connectivity index (χ2n) is 5.75. The zero-order valence-electron chi connectivity index (χ0n) is 14.5. The average Bonchev–Trinajstić information content (AvgIpc) is 3.10. The number of pyridine rings is 1. The zero-order valence-corrected chi connectivity index (χ0v) is 14.5. The smallest absolute Gasteiger partial charge is 0.244 e. The van der Waals surface area contributed by atoms with Crippen LogP contribution in [0.3, 0.4) is 0 Å². The molecule has 0 saturated carbocycles. The predicted molar refractivity (Wildman–Crippen MR) is 99.1 cm³/mol. The number of aromatic nitrogens is 3. The van der Waals surface area contributed by atoms with Gasteiger partial charge in [-0.15, -0.1) is 0 Å². The molecule has 0 aliphatic heterocycles. The third kappa shape index (κ3) is 5.31. The molecule has 0 unspecified atom stereocenters. The minimum atomic E-state index is -0.149. The summed E-state index contributed by atoms with van der Waals surface area (Å²) in [4.78, 5) is 16.1. The molecule has 0 aliphatic carbocycles. The molecule has 6 heteroatoms. The molecule has 0 spiro atoms. The number of aryl methyl sites for hydroxylation is 1. The average molecular weight is 348 g/mol. The van der Waals surface area contributed by atoms with Crippen LogP contribution in [0.25, 0.3) is 6.08 Å². The minimum Gasteiger partial charge on any atom is -0.487 e. The first-order valence-corrected chi connectivity index (χ1v) is 8.25. The van der Waals surface area contributed by atoms with Crippen molar-refractivity contribution >= 4 is 12.0 Å². The first-order valence-electron chi connectivity index (χ1n) is 8.25. The molecule has 0 bridgehead atoms. The Morgan fingerprint density at radius 2 is 2.08 bits per heavy atom. The second-order valence-corrected chi connectivity index (χ2v) is 5.75. The molecule has 3 aromatic rings. The highest BCUT2D eigenvalue weighted by Crippen LogP contribution is 2.13. The molecule has 0 saturated heterocycles. The van der Waals surface area contributed by atoms with Crippen molar-refractivity contribution in [2.75, 3.05) is 0 Å². The van der Waals surface area contributed by atoms with Crippen LogP contribution in [0.15, 0.2) is 67.1 Å². The van der Waals surface area contributed by atoms with Crippen LogP contribution in [0.5, 0.6) is 5.75 Å². The lowest BCUT2D eigenvalue weighted by Gasteiger charge is -2.07. The Morgan fingerprint density at radius 1 is 1.23 bits per heavy atom. The molecule has 0 aliphatic rings. The molecule has 1 amide bonds. The first-order chi connectivity index (χ1) is 12.7. The maximum atomic E-state index is 11.9. The van der Waals surface area contributed by atoms with Gasteiger partial charge in [0.2, 0.25) is 5.91 Å². The Labute approximate surface area is 152 Å². The van der Waals surface area contributed by atoms with E-state index >= 15 is 0 Å². The number of amides is 1. The summed E-state index contributed by atoms with van der Waals surface area (Å²) in [6.07, 6.45) is 8.52. The summed E-state index contributed by atoms with van der Waals surface area (Å²) in [5.74, 6) is 0.617. The van der Waals surface area contributed by atoms with E-state index in [2.05, 4.69) is 15.4 Å². The van der Waals surface area contributed by atoms with Crippen molar-refractivity contribution in [3.05, 3.63) is 84.0 Å². The van der Waals surface area contributed by atoms with Crippen molar-refractivity contribution < 1.29 is 9.53 Å². The molecular formula is C20H20N4O2. The fourth-order valence-electron chi connectivity index (χ4n) is 2.29. The van der Waals surface area contributed by atoms with Crippen LogP contribution in [0.1, 0.15) is 16.8 Å². The molecule has 26 heavy (non-hydrogen) atoms. The summed E-state index contributed by atoms with van der Waals surface area (Å²) in [5, 5.41) is 6.90. The van der Waals surface area contributed by atoms with Crippen molar-refractivity contribution in [3.63, 3.8) is 0 Å². The van der Waals surface area contributed by atoms with Crippen LogP contribution in [0.4, 0.5) is 0 Å². The highest BCUT2D eigenvalue weighted by molar-refractivity contribution is 5.91. The topological polar surface area (TPSA) is 69.0 Å². The Morgan fingerprint density at radius 3 is 2.77 bits per heavy atom. The minimum absolute atomic E-state index is 0.149. The van der Waals surface area contributed by atoms with Crippen LogP contribution in [0, 0.1) is 0 Å². The van der Waals surface area contributed by atoms with Crippen LogP contribution in [0.2, 0.25) is 0 Å². The fraction of sp³-hybridized carbons (Fsp3) is 0.150. The molecule has 0 radical (unpaired) electrons. The van der Waals surface area contributed by atoms with Crippen molar-refractivity contribution in [1.29, 1.82) is 0 Å². The summed E-state index contributed by atoms with van der Waals surface area (Å²) < 4.78 is 7.38. The van der Waals surface area contributed by atoms with Crippen LogP contribution in [-0.2, 0) is 25.0 Å². The van der Waals surface area contributed by atoms with Gasteiger partial charge < -0.3 is 10.1 Å². The number of nitrogens with one attached hydrogen (secondary N) is 1. The van der Waals surface area contributed by atoms with E-state index in [9.17, 15) is 4.79 Å². The third-order valence-electron chi connectivity index (χ3n) is 3.65. The van der Waals surface area contributed by atoms with Crippen LogP contribution >= 0.6 is 0 Å². The van der Waals surface area contributed by atoms with E-state index in [1.54, 1.807) is 23.2 Å². The SMILES string of the molecule is Cn1cc(/C=C\C(=O)NCc2ccc(OCc3ccccn3)cc2)cn1. The largest absolute Gasteiger partial charge is 0.487 e. The Bertz CT molecular complexity index is 870. The highest BCUT2D eigenvalue weighted by atomic mass is 16.5. The number of ether oxygens (including phenoxy) is 1. The quantitative estimate of drug-likeness (QED) is 0.667. The van der Waals surface area contributed by atoms with Crippen molar-refractivity contribution in [3.8, 4) is 5.75 Å². The van der Waals surface area contributed by atoms with Gasteiger partial charge in [0, 0.05) is 37.6 Å².